The highest BCUT2D eigenvalue weighted by Gasteiger charge is 2.31. The van der Waals surface area contributed by atoms with E-state index in [0.29, 0.717) is 55.2 Å². The van der Waals surface area contributed by atoms with E-state index in [1.807, 2.05) is 0 Å². The Morgan fingerprint density at radius 3 is 2.68 bits per heavy atom. The van der Waals surface area contributed by atoms with Crippen LogP contribution in [0.4, 0.5) is 0 Å². The summed E-state index contributed by atoms with van der Waals surface area (Å²) in [7, 11) is 1.51. The second-order valence-corrected chi connectivity index (χ2v) is 7.70. The van der Waals surface area contributed by atoms with Gasteiger partial charge in [0.25, 0.3) is 5.91 Å². The summed E-state index contributed by atoms with van der Waals surface area (Å²) >= 11 is 6.03. The summed E-state index contributed by atoms with van der Waals surface area (Å²) in [5.74, 6) is -0.0719. The summed E-state index contributed by atoms with van der Waals surface area (Å²) in [5.41, 5.74) is 0.424. The van der Waals surface area contributed by atoms with Crippen LogP contribution in [0, 0.1) is 5.92 Å². The number of ether oxygens (including phenoxy) is 1. The van der Waals surface area contributed by atoms with E-state index in [4.69, 9.17) is 16.3 Å². The number of hydrogen-bond donors (Lipinski definition) is 2. The zero-order chi connectivity index (χ0) is 20.1. The van der Waals surface area contributed by atoms with E-state index in [2.05, 4.69) is 10.6 Å². The zero-order valence-corrected chi connectivity index (χ0v) is 16.8. The van der Waals surface area contributed by atoms with Crippen LogP contribution in [0.25, 0.3) is 0 Å². The van der Waals surface area contributed by atoms with Crippen molar-refractivity contribution in [3.8, 4) is 5.75 Å². The lowest BCUT2D eigenvalue weighted by Crippen LogP contribution is -2.49. The smallest absolute Gasteiger partial charge is 0.257 e. The highest BCUT2D eigenvalue weighted by atomic mass is 35.5. The van der Waals surface area contributed by atoms with E-state index in [1.165, 1.54) is 7.11 Å². The van der Waals surface area contributed by atoms with Gasteiger partial charge in [-0.15, -0.1) is 0 Å². The van der Waals surface area contributed by atoms with Crippen LogP contribution in [0.15, 0.2) is 18.2 Å². The molecule has 2 fully saturated rings. The van der Waals surface area contributed by atoms with Crippen LogP contribution in [-0.4, -0.2) is 55.4 Å². The Bertz CT molecular complexity index is 747. The van der Waals surface area contributed by atoms with Crippen LogP contribution in [0.1, 0.15) is 42.5 Å². The molecule has 3 amide bonds. The first kappa shape index (κ1) is 20.5. The minimum absolute atomic E-state index is 0.102. The quantitative estimate of drug-likeness (QED) is 0.798. The fourth-order valence-electron chi connectivity index (χ4n) is 3.73. The zero-order valence-electron chi connectivity index (χ0n) is 16.0. The van der Waals surface area contributed by atoms with Crippen LogP contribution in [-0.2, 0) is 9.59 Å². The minimum Gasteiger partial charge on any atom is -0.496 e. The first-order chi connectivity index (χ1) is 13.5. The second kappa shape index (κ2) is 9.28. The summed E-state index contributed by atoms with van der Waals surface area (Å²) in [4.78, 5) is 39.2. The number of piperidine rings is 1. The number of halogens is 1. The van der Waals surface area contributed by atoms with Crippen molar-refractivity contribution in [2.24, 2.45) is 5.92 Å². The molecule has 3 rings (SSSR count). The fraction of sp³-hybridized carbons (Fsp3) is 0.550. The summed E-state index contributed by atoms with van der Waals surface area (Å²) in [6.45, 7) is 1.62. The maximum atomic E-state index is 12.8. The molecule has 2 aliphatic heterocycles. The van der Waals surface area contributed by atoms with Gasteiger partial charge in [-0.1, -0.05) is 11.6 Å². The summed E-state index contributed by atoms with van der Waals surface area (Å²) in [6.07, 6.45) is 3.65. The van der Waals surface area contributed by atoms with E-state index in [9.17, 15) is 14.4 Å². The van der Waals surface area contributed by atoms with Crippen LogP contribution in [0.5, 0.6) is 5.75 Å². The van der Waals surface area contributed by atoms with Crippen molar-refractivity contribution in [2.45, 2.75) is 38.1 Å². The lowest BCUT2D eigenvalue weighted by molar-refractivity contribution is -0.131. The Hall–Kier alpha value is -2.28. The predicted molar refractivity (Wildman–Crippen MR) is 105 cm³/mol. The van der Waals surface area contributed by atoms with Crippen molar-refractivity contribution in [3.63, 3.8) is 0 Å². The SMILES string of the molecule is COc1ccc(Cl)cc1C(=O)N1CCC(C(=O)NC2CCCCNC2=O)CC1. The van der Waals surface area contributed by atoms with Crippen molar-refractivity contribution >= 4 is 29.3 Å². The van der Waals surface area contributed by atoms with Crippen molar-refractivity contribution in [3.05, 3.63) is 28.8 Å². The number of hydrogen-bond acceptors (Lipinski definition) is 4. The van der Waals surface area contributed by atoms with Crippen molar-refractivity contribution < 1.29 is 19.1 Å². The van der Waals surface area contributed by atoms with Gasteiger partial charge in [0.15, 0.2) is 0 Å². The number of amides is 3. The normalized spacial score (nSPS) is 20.9. The minimum atomic E-state index is -0.453. The molecule has 0 aliphatic carbocycles. The first-order valence-electron chi connectivity index (χ1n) is 9.70. The Labute approximate surface area is 169 Å². The summed E-state index contributed by atoms with van der Waals surface area (Å²) in [5, 5.41) is 6.19. The maximum Gasteiger partial charge on any atom is 0.257 e. The Morgan fingerprint density at radius 2 is 1.96 bits per heavy atom. The average Bonchev–Trinajstić information content (AvgIpc) is 2.91. The summed E-state index contributed by atoms with van der Waals surface area (Å²) in [6, 6.07) is 4.50. The van der Waals surface area contributed by atoms with Crippen molar-refractivity contribution in [2.75, 3.05) is 26.7 Å². The van der Waals surface area contributed by atoms with Gasteiger partial charge in [-0.25, -0.2) is 0 Å². The molecule has 0 saturated carbocycles. The van der Waals surface area contributed by atoms with Gasteiger partial charge in [0, 0.05) is 30.6 Å². The fourth-order valence-corrected chi connectivity index (χ4v) is 3.90. The molecule has 152 valence electrons. The molecular formula is C20H26ClN3O4. The monoisotopic (exact) mass is 407 g/mol. The Kier molecular flexibility index (Phi) is 6.78. The molecule has 0 bridgehead atoms. The topological polar surface area (TPSA) is 87.7 Å². The van der Waals surface area contributed by atoms with Gasteiger partial charge in [-0.3, -0.25) is 14.4 Å². The highest BCUT2D eigenvalue weighted by molar-refractivity contribution is 6.31. The van der Waals surface area contributed by atoms with Gasteiger partial charge in [0.2, 0.25) is 11.8 Å². The van der Waals surface area contributed by atoms with Crippen molar-refractivity contribution in [1.82, 2.24) is 15.5 Å². The van der Waals surface area contributed by atoms with E-state index < -0.39 is 6.04 Å². The molecule has 1 aromatic carbocycles. The number of methoxy groups -OCH3 is 1. The lowest BCUT2D eigenvalue weighted by Gasteiger charge is -2.32. The molecular weight excluding hydrogens is 382 g/mol. The van der Waals surface area contributed by atoms with E-state index in [0.717, 1.165) is 12.8 Å². The lowest BCUT2D eigenvalue weighted by atomic mass is 9.94. The Balaban J connectivity index is 1.56. The predicted octanol–water partition coefficient (Wildman–Crippen LogP) is 1.99. The highest BCUT2D eigenvalue weighted by Crippen LogP contribution is 2.26. The van der Waals surface area contributed by atoms with Gasteiger partial charge in [0.05, 0.1) is 12.7 Å². The largest absolute Gasteiger partial charge is 0.496 e. The summed E-state index contributed by atoms with van der Waals surface area (Å²) < 4.78 is 5.27. The van der Waals surface area contributed by atoms with Crippen LogP contribution < -0.4 is 15.4 Å². The molecule has 8 heteroatoms. The molecule has 1 atom stereocenters. The first-order valence-corrected chi connectivity index (χ1v) is 10.1. The van der Waals surface area contributed by atoms with Crippen molar-refractivity contribution in [1.29, 1.82) is 0 Å². The van der Waals surface area contributed by atoms with E-state index >= 15 is 0 Å². The molecule has 2 N–H and O–H groups in total. The number of carbonyl (C=O) groups is 3. The van der Waals surface area contributed by atoms with E-state index in [1.54, 1.807) is 23.1 Å². The van der Waals surface area contributed by atoms with Gasteiger partial charge >= 0.3 is 0 Å². The maximum absolute atomic E-state index is 12.8. The number of nitrogens with zero attached hydrogens (tertiary/aromatic N) is 1. The van der Waals surface area contributed by atoms with Crippen LogP contribution in [0.3, 0.4) is 0 Å². The molecule has 28 heavy (non-hydrogen) atoms. The van der Waals surface area contributed by atoms with Crippen LogP contribution >= 0.6 is 11.6 Å². The Morgan fingerprint density at radius 1 is 1.21 bits per heavy atom. The molecule has 7 nitrogen and oxygen atoms in total. The van der Waals surface area contributed by atoms with Crippen LogP contribution in [0.2, 0.25) is 5.02 Å². The third kappa shape index (κ3) is 4.76. The molecule has 2 heterocycles. The molecule has 2 saturated heterocycles. The number of nitrogens with one attached hydrogen (secondary N) is 2. The van der Waals surface area contributed by atoms with Gasteiger partial charge in [-0.05, 0) is 50.3 Å². The van der Waals surface area contributed by atoms with Gasteiger partial charge in [0.1, 0.15) is 11.8 Å². The number of rotatable bonds is 4. The third-order valence-corrected chi connectivity index (χ3v) is 5.63. The molecule has 0 spiro atoms. The molecule has 0 radical (unpaired) electrons. The molecule has 1 aromatic rings. The third-order valence-electron chi connectivity index (χ3n) is 5.40. The van der Waals surface area contributed by atoms with Gasteiger partial charge in [-0.2, -0.15) is 0 Å². The van der Waals surface area contributed by atoms with E-state index in [-0.39, 0.29) is 23.6 Å². The number of benzene rings is 1. The second-order valence-electron chi connectivity index (χ2n) is 7.26. The number of likely N-dealkylation sites (tertiary alicyclic amines) is 1. The molecule has 1 unspecified atom stereocenters. The molecule has 2 aliphatic rings. The van der Waals surface area contributed by atoms with Gasteiger partial charge < -0.3 is 20.3 Å². The average molecular weight is 408 g/mol. The number of carbonyl (C=O) groups excluding carboxylic acids is 3. The molecule has 0 aromatic heterocycles. The standard InChI is InChI=1S/C20H26ClN3O4/c1-28-17-6-5-14(21)12-15(17)20(27)24-10-7-13(8-11-24)18(25)23-16-4-2-3-9-22-19(16)26/h5-6,12-13,16H,2-4,7-11H2,1H3,(H,22,26)(H,23,25).